The smallest absolute Gasteiger partial charge is 0.387 e. The summed E-state index contributed by atoms with van der Waals surface area (Å²) < 4.78 is 72.3. The Morgan fingerprint density at radius 3 is 1.68 bits per heavy atom. The Morgan fingerprint density at radius 1 is 0.811 bits per heavy atom. The quantitative estimate of drug-likeness (QED) is 0.285. The van der Waals surface area contributed by atoms with Crippen LogP contribution in [0.4, 0.5) is 27.6 Å². The van der Waals surface area contributed by atoms with Crippen molar-refractivity contribution in [2.75, 3.05) is 12.4 Å². The SMILES string of the molecule is CNc1cc(Br)cc(OC(F)F)c1C(=O)NC1CC1.O=C(NC1CC1)c1c(F)cc(Br)cc1OC(F)F. The van der Waals surface area contributed by atoms with Gasteiger partial charge in [-0.1, -0.05) is 31.9 Å². The van der Waals surface area contributed by atoms with E-state index in [0.29, 0.717) is 10.2 Å². The van der Waals surface area contributed by atoms with Crippen molar-refractivity contribution in [2.24, 2.45) is 0 Å². The normalized spacial score (nSPS) is 14.5. The monoisotopic (exact) mass is 657 g/mol. The molecule has 2 aromatic rings. The molecule has 4 rings (SSSR count). The van der Waals surface area contributed by atoms with Gasteiger partial charge in [0.25, 0.3) is 11.8 Å². The second-order valence-electron chi connectivity index (χ2n) is 8.09. The summed E-state index contributed by atoms with van der Waals surface area (Å²) in [6.45, 7) is -6.10. The molecule has 0 spiro atoms. The van der Waals surface area contributed by atoms with E-state index >= 15 is 0 Å². The van der Waals surface area contributed by atoms with E-state index in [4.69, 9.17) is 0 Å². The van der Waals surface area contributed by atoms with E-state index < -0.39 is 42.2 Å². The number of rotatable bonds is 9. The molecule has 37 heavy (non-hydrogen) atoms. The molecule has 2 aliphatic rings. The zero-order valence-electron chi connectivity index (χ0n) is 19.2. The molecule has 7 nitrogen and oxygen atoms in total. The van der Waals surface area contributed by atoms with E-state index in [0.717, 1.165) is 37.8 Å². The number of hydrogen-bond donors (Lipinski definition) is 3. The fraction of sp³-hybridized carbons (Fsp3) is 0.391. The van der Waals surface area contributed by atoms with Crippen molar-refractivity contribution in [2.45, 2.75) is 51.0 Å². The van der Waals surface area contributed by atoms with Gasteiger partial charge in [-0.15, -0.1) is 0 Å². The van der Waals surface area contributed by atoms with Gasteiger partial charge >= 0.3 is 13.2 Å². The molecule has 2 amide bonds. The molecule has 2 aromatic carbocycles. The van der Waals surface area contributed by atoms with Crippen molar-refractivity contribution in [3.63, 3.8) is 0 Å². The molecule has 0 radical (unpaired) electrons. The average Bonchev–Trinajstić information content (AvgIpc) is 3.69. The van der Waals surface area contributed by atoms with Crippen LogP contribution in [0.15, 0.2) is 33.2 Å². The molecular weight excluding hydrogens is 637 g/mol. The maximum Gasteiger partial charge on any atom is 0.387 e. The predicted octanol–water partition coefficient (Wildman–Crippen LogP) is 6.07. The Bertz CT molecular complexity index is 1150. The van der Waals surface area contributed by atoms with Crippen molar-refractivity contribution in [3.05, 3.63) is 50.2 Å². The molecule has 3 N–H and O–H groups in total. The number of nitrogens with one attached hydrogen (secondary N) is 3. The molecule has 0 aromatic heterocycles. The third kappa shape index (κ3) is 8.73. The minimum Gasteiger partial charge on any atom is -0.434 e. The lowest BCUT2D eigenvalue weighted by Gasteiger charge is -2.15. The summed E-state index contributed by atoms with van der Waals surface area (Å²) in [4.78, 5) is 23.8. The number of benzene rings is 2. The van der Waals surface area contributed by atoms with Crippen LogP contribution in [0.5, 0.6) is 11.5 Å². The lowest BCUT2D eigenvalue weighted by atomic mass is 10.1. The summed E-state index contributed by atoms with van der Waals surface area (Å²) in [6, 6.07) is 5.30. The number of amides is 2. The van der Waals surface area contributed by atoms with E-state index in [1.165, 1.54) is 6.07 Å². The third-order valence-electron chi connectivity index (χ3n) is 5.07. The lowest BCUT2D eigenvalue weighted by molar-refractivity contribution is -0.0510. The highest BCUT2D eigenvalue weighted by Crippen LogP contribution is 2.33. The maximum atomic E-state index is 13.7. The standard InChI is InChI=1S/C12H13BrF2N2O2.C11H9BrF3NO2/c1-16-8-4-6(13)5-9(19-12(14)15)10(8)11(18)17-7-2-3-7;12-5-3-7(13)9(8(4-5)18-11(14)15)10(17)16-6-1-2-6/h4-5,7,12,16H,2-3H2,1H3,(H,17,18);3-4,6,11H,1-2H2,(H,16,17). The van der Waals surface area contributed by atoms with E-state index in [2.05, 4.69) is 57.3 Å². The number of hydrogen-bond acceptors (Lipinski definition) is 5. The van der Waals surface area contributed by atoms with Gasteiger partial charge in [0.15, 0.2) is 0 Å². The Labute approximate surface area is 225 Å². The topological polar surface area (TPSA) is 88.7 Å². The van der Waals surface area contributed by atoms with Gasteiger partial charge in [-0.05, 0) is 49.9 Å². The molecule has 202 valence electrons. The van der Waals surface area contributed by atoms with Gasteiger partial charge < -0.3 is 25.4 Å². The van der Waals surface area contributed by atoms with Crippen LogP contribution in [-0.4, -0.2) is 44.2 Å². The summed E-state index contributed by atoms with van der Waals surface area (Å²) in [5, 5.41) is 8.09. The second kappa shape index (κ2) is 12.8. The zero-order chi connectivity index (χ0) is 27.3. The number of carbonyl (C=O) groups is 2. The fourth-order valence-electron chi connectivity index (χ4n) is 3.13. The summed E-state index contributed by atoms with van der Waals surface area (Å²) in [5.74, 6) is -2.67. The molecule has 0 unspecified atom stereocenters. The highest BCUT2D eigenvalue weighted by atomic mass is 79.9. The van der Waals surface area contributed by atoms with Crippen molar-refractivity contribution < 1.29 is 41.0 Å². The van der Waals surface area contributed by atoms with Gasteiger partial charge in [0.2, 0.25) is 0 Å². The highest BCUT2D eigenvalue weighted by Gasteiger charge is 2.29. The first-order valence-electron chi connectivity index (χ1n) is 11.0. The molecule has 14 heteroatoms. The van der Waals surface area contributed by atoms with Gasteiger partial charge in [0, 0.05) is 28.1 Å². The van der Waals surface area contributed by atoms with E-state index in [1.807, 2.05) is 0 Å². The molecule has 0 aliphatic heterocycles. The van der Waals surface area contributed by atoms with Gasteiger partial charge in [0.05, 0.1) is 5.69 Å². The van der Waals surface area contributed by atoms with Gasteiger partial charge in [-0.2, -0.15) is 17.6 Å². The van der Waals surface area contributed by atoms with Crippen molar-refractivity contribution >= 4 is 49.4 Å². The van der Waals surface area contributed by atoms with Crippen LogP contribution in [0.1, 0.15) is 46.4 Å². The third-order valence-corrected chi connectivity index (χ3v) is 5.98. The number of alkyl halides is 4. The Hall–Kier alpha value is -2.61. The minimum atomic E-state index is -3.12. The number of ether oxygens (including phenoxy) is 2. The van der Waals surface area contributed by atoms with Gasteiger partial charge in [-0.3, -0.25) is 9.59 Å². The van der Waals surface area contributed by atoms with E-state index in [9.17, 15) is 31.5 Å². The number of halogens is 7. The minimum absolute atomic E-state index is 0.0000492. The molecule has 0 atom stereocenters. The van der Waals surface area contributed by atoms with E-state index in [1.54, 1.807) is 13.1 Å². The largest absolute Gasteiger partial charge is 0.434 e. The van der Waals surface area contributed by atoms with Gasteiger partial charge in [0.1, 0.15) is 28.4 Å². The Kier molecular flexibility index (Phi) is 9.99. The molecule has 0 bridgehead atoms. The van der Waals surface area contributed by atoms with Crippen LogP contribution in [0.3, 0.4) is 0 Å². The van der Waals surface area contributed by atoms with Crippen molar-refractivity contribution in [3.8, 4) is 11.5 Å². The number of carbonyl (C=O) groups excluding carboxylic acids is 2. The predicted molar refractivity (Wildman–Crippen MR) is 132 cm³/mol. The molecule has 2 fully saturated rings. The van der Waals surface area contributed by atoms with Crippen LogP contribution < -0.4 is 25.4 Å². The first-order valence-corrected chi connectivity index (χ1v) is 12.6. The maximum absolute atomic E-state index is 13.7. The van der Waals surface area contributed by atoms with Crippen LogP contribution in [0, 0.1) is 5.82 Å². The summed E-state index contributed by atoms with van der Waals surface area (Å²) in [7, 11) is 1.61. The van der Waals surface area contributed by atoms with Crippen LogP contribution in [0.2, 0.25) is 0 Å². The molecule has 2 saturated carbocycles. The molecule has 0 heterocycles. The zero-order valence-corrected chi connectivity index (χ0v) is 22.4. The summed E-state index contributed by atoms with van der Waals surface area (Å²) in [5.41, 5.74) is 0.0338. The van der Waals surface area contributed by atoms with Crippen molar-refractivity contribution in [1.82, 2.24) is 10.6 Å². The van der Waals surface area contributed by atoms with Crippen LogP contribution in [0.25, 0.3) is 0 Å². The Balaban J connectivity index is 0.000000206. The summed E-state index contributed by atoms with van der Waals surface area (Å²) >= 11 is 6.15. The van der Waals surface area contributed by atoms with E-state index in [-0.39, 0.29) is 27.9 Å². The van der Waals surface area contributed by atoms with Crippen molar-refractivity contribution in [1.29, 1.82) is 0 Å². The second-order valence-corrected chi connectivity index (χ2v) is 9.92. The highest BCUT2D eigenvalue weighted by molar-refractivity contribution is 9.10. The van der Waals surface area contributed by atoms with Crippen LogP contribution >= 0.6 is 31.9 Å². The lowest BCUT2D eigenvalue weighted by Crippen LogP contribution is -2.27. The Morgan fingerprint density at radius 2 is 1.24 bits per heavy atom. The summed E-state index contributed by atoms with van der Waals surface area (Å²) in [6.07, 6.45) is 3.47. The first-order chi connectivity index (χ1) is 17.5. The van der Waals surface area contributed by atoms with Gasteiger partial charge in [-0.25, -0.2) is 4.39 Å². The first kappa shape index (κ1) is 29.0. The molecule has 0 saturated heterocycles. The molecule has 2 aliphatic carbocycles. The van der Waals surface area contributed by atoms with Crippen LogP contribution in [-0.2, 0) is 0 Å². The average molecular weight is 659 g/mol. The number of anilines is 1. The fourth-order valence-corrected chi connectivity index (χ4v) is 3.98. The molecular formula is C23H22Br2F5N3O4.